The van der Waals surface area contributed by atoms with Crippen LogP contribution >= 0.6 is 0 Å². The van der Waals surface area contributed by atoms with Crippen molar-refractivity contribution in [2.24, 2.45) is 0 Å². The molecule has 0 saturated heterocycles. The summed E-state index contributed by atoms with van der Waals surface area (Å²) in [4.78, 5) is -1.39. The normalized spacial score (nSPS) is 13.0. The topological polar surface area (TPSA) is 109 Å². The average Bonchev–Trinajstić information content (AvgIpc) is 2.44. The lowest BCUT2D eigenvalue weighted by Crippen LogP contribution is -2.06. The van der Waals surface area contributed by atoms with Crippen molar-refractivity contribution in [1.29, 1.82) is 0 Å². The minimum absolute atomic E-state index is 0.0962. The molecular weight excluding hydrogens is 373 g/mol. The minimum Gasteiger partial charge on any atom is -0.282 e. The molecule has 0 aliphatic carbocycles. The van der Waals surface area contributed by atoms with Crippen LogP contribution in [0, 0.1) is 0 Å². The van der Waals surface area contributed by atoms with Crippen LogP contribution in [0.2, 0.25) is 0 Å². The predicted octanol–water partition coefficient (Wildman–Crippen LogP) is 2.87. The quantitative estimate of drug-likeness (QED) is 0.790. The SMILES string of the molecule is O=S(=O)(O)c1ccc(S(=O)(=O)O)c(-c2ccc(C(F)(F)F)cc2)c1. The molecule has 2 N–H and O–H groups in total. The van der Waals surface area contributed by atoms with Crippen LogP contribution in [-0.2, 0) is 26.4 Å². The summed E-state index contributed by atoms with van der Waals surface area (Å²) in [5.74, 6) is 0. The molecule has 11 heteroatoms. The Morgan fingerprint density at radius 2 is 1.33 bits per heavy atom. The molecule has 2 aromatic carbocycles. The van der Waals surface area contributed by atoms with Gasteiger partial charge in [-0.2, -0.15) is 30.0 Å². The summed E-state index contributed by atoms with van der Waals surface area (Å²) in [6, 6.07) is 5.38. The van der Waals surface area contributed by atoms with Crippen molar-refractivity contribution in [3.8, 4) is 11.1 Å². The summed E-state index contributed by atoms with van der Waals surface area (Å²) >= 11 is 0. The zero-order valence-corrected chi connectivity index (χ0v) is 13.2. The third-order valence-electron chi connectivity index (χ3n) is 3.05. The van der Waals surface area contributed by atoms with Crippen LogP contribution in [0.25, 0.3) is 11.1 Å². The van der Waals surface area contributed by atoms with Crippen LogP contribution < -0.4 is 0 Å². The van der Waals surface area contributed by atoms with Crippen molar-refractivity contribution in [2.75, 3.05) is 0 Å². The first-order valence-electron chi connectivity index (χ1n) is 6.07. The van der Waals surface area contributed by atoms with Crippen LogP contribution in [0.3, 0.4) is 0 Å². The van der Waals surface area contributed by atoms with Crippen molar-refractivity contribution < 1.29 is 39.1 Å². The van der Waals surface area contributed by atoms with Gasteiger partial charge in [0.05, 0.1) is 10.5 Å². The number of hydrogen-bond acceptors (Lipinski definition) is 4. The number of rotatable bonds is 3. The Morgan fingerprint density at radius 1 is 0.792 bits per heavy atom. The fourth-order valence-electron chi connectivity index (χ4n) is 1.96. The Hall–Kier alpha value is -1.95. The molecule has 6 nitrogen and oxygen atoms in total. The van der Waals surface area contributed by atoms with Gasteiger partial charge >= 0.3 is 6.18 Å². The highest BCUT2D eigenvalue weighted by Gasteiger charge is 2.30. The van der Waals surface area contributed by atoms with Gasteiger partial charge < -0.3 is 0 Å². The maximum atomic E-state index is 12.6. The first kappa shape index (κ1) is 18.4. The summed E-state index contributed by atoms with van der Waals surface area (Å²) in [6.07, 6.45) is -4.61. The van der Waals surface area contributed by atoms with E-state index in [0.717, 1.165) is 30.3 Å². The molecule has 24 heavy (non-hydrogen) atoms. The van der Waals surface area contributed by atoms with E-state index in [1.54, 1.807) is 0 Å². The van der Waals surface area contributed by atoms with E-state index in [0.29, 0.717) is 12.1 Å². The molecule has 2 rings (SSSR count). The maximum Gasteiger partial charge on any atom is 0.416 e. The Labute approximate surface area is 135 Å². The highest BCUT2D eigenvalue weighted by molar-refractivity contribution is 7.86. The zero-order chi connectivity index (χ0) is 18.3. The maximum absolute atomic E-state index is 12.6. The molecule has 0 fully saturated rings. The van der Waals surface area contributed by atoms with Crippen molar-refractivity contribution >= 4 is 20.2 Å². The van der Waals surface area contributed by atoms with Gasteiger partial charge in [0.2, 0.25) is 0 Å². The molecule has 0 atom stereocenters. The van der Waals surface area contributed by atoms with E-state index < -0.39 is 41.8 Å². The van der Waals surface area contributed by atoms with E-state index in [2.05, 4.69) is 0 Å². The first-order chi connectivity index (χ1) is 10.8. The lowest BCUT2D eigenvalue weighted by Gasteiger charge is -2.11. The van der Waals surface area contributed by atoms with E-state index in [4.69, 9.17) is 4.55 Å². The number of hydrogen-bond donors (Lipinski definition) is 2. The van der Waals surface area contributed by atoms with Crippen LogP contribution in [0.5, 0.6) is 0 Å². The molecule has 0 spiro atoms. The molecule has 0 aromatic heterocycles. The van der Waals surface area contributed by atoms with Crippen LogP contribution in [0.1, 0.15) is 5.56 Å². The smallest absolute Gasteiger partial charge is 0.282 e. The van der Waals surface area contributed by atoms with Gasteiger partial charge in [0, 0.05) is 5.56 Å². The standard InChI is InChI=1S/C13H9F3O6S2/c14-13(15,16)9-3-1-8(2-4-9)11-7-10(23(17,18)19)5-6-12(11)24(20,21)22/h1-7H,(H,17,18,19)(H,20,21,22). The zero-order valence-electron chi connectivity index (χ0n) is 11.5. The summed E-state index contributed by atoms with van der Waals surface area (Å²) in [7, 11) is -9.46. The fourth-order valence-corrected chi connectivity index (χ4v) is 3.16. The Morgan fingerprint density at radius 3 is 1.75 bits per heavy atom. The third kappa shape index (κ3) is 3.93. The summed E-state index contributed by atoms with van der Waals surface area (Å²) < 4.78 is 101. The molecule has 130 valence electrons. The second-order valence-electron chi connectivity index (χ2n) is 4.68. The lowest BCUT2D eigenvalue weighted by atomic mass is 10.0. The fraction of sp³-hybridized carbons (Fsp3) is 0.0769. The summed E-state index contributed by atoms with van der Waals surface area (Å²) in [6.45, 7) is 0. The second kappa shape index (κ2) is 5.84. The van der Waals surface area contributed by atoms with Crippen molar-refractivity contribution in [3.05, 3.63) is 48.0 Å². The average molecular weight is 382 g/mol. The first-order valence-corrected chi connectivity index (χ1v) is 8.95. The van der Waals surface area contributed by atoms with Crippen molar-refractivity contribution in [2.45, 2.75) is 16.0 Å². The lowest BCUT2D eigenvalue weighted by molar-refractivity contribution is -0.137. The van der Waals surface area contributed by atoms with Gasteiger partial charge in [-0.25, -0.2) is 0 Å². The van der Waals surface area contributed by atoms with Gasteiger partial charge in [0.1, 0.15) is 4.90 Å². The molecule has 0 amide bonds. The van der Waals surface area contributed by atoms with Gasteiger partial charge in [0.15, 0.2) is 0 Å². The number of benzene rings is 2. The molecule has 0 aliphatic rings. The molecular formula is C13H9F3O6S2. The van der Waals surface area contributed by atoms with E-state index in [1.807, 2.05) is 0 Å². The molecule has 2 aromatic rings. The Balaban J connectivity index is 2.71. The molecule has 0 aliphatic heterocycles. The van der Waals surface area contributed by atoms with Gasteiger partial charge in [-0.15, -0.1) is 0 Å². The van der Waals surface area contributed by atoms with E-state index in [1.165, 1.54) is 0 Å². The molecule has 0 bridgehead atoms. The van der Waals surface area contributed by atoms with Gasteiger partial charge in [0.25, 0.3) is 20.2 Å². The highest BCUT2D eigenvalue weighted by atomic mass is 32.2. The van der Waals surface area contributed by atoms with Gasteiger partial charge in [-0.3, -0.25) is 9.11 Å². The highest BCUT2D eigenvalue weighted by Crippen LogP contribution is 2.33. The second-order valence-corrected chi connectivity index (χ2v) is 7.49. The van der Waals surface area contributed by atoms with Crippen LogP contribution in [0.4, 0.5) is 13.2 Å². The van der Waals surface area contributed by atoms with Crippen molar-refractivity contribution in [3.63, 3.8) is 0 Å². The molecule has 0 heterocycles. The van der Waals surface area contributed by atoms with Gasteiger partial charge in [-0.1, -0.05) is 12.1 Å². The minimum atomic E-state index is -4.78. The van der Waals surface area contributed by atoms with Gasteiger partial charge in [-0.05, 0) is 35.9 Å². The van der Waals surface area contributed by atoms with Crippen molar-refractivity contribution in [1.82, 2.24) is 0 Å². The van der Waals surface area contributed by atoms with Crippen LogP contribution in [0.15, 0.2) is 52.3 Å². The number of alkyl halides is 3. The summed E-state index contributed by atoms with van der Waals surface area (Å²) in [5, 5.41) is 0. The summed E-state index contributed by atoms with van der Waals surface area (Å²) in [5.41, 5.74) is -1.46. The molecule has 0 radical (unpaired) electrons. The Kier molecular flexibility index (Phi) is 4.48. The Bertz CT molecular complexity index is 977. The predicted molar refractivity (Wildman–Crippen MR) is 76.5 cm³/mol. The van der Waals surface area contributed by atoms with E-state index >= 15 is 0 Å². The third-order valence-corrected chi connectivity index (χ3v) is 4.81. The number of halogens is 3. The van der Waals surface area contributed by atoms with E-state index in [9.17, 15) is 34.6 Å². The van der Waals surface area contributed by atoms with Crippen LogP contribution in [-0.4, -0.2) is 25.9 Å². The molecule has 0 saturated carbocycles. The van der Waals surface area contributed by atoms with E-state index in [-0.39, 0.29) is 11.1 Å². The monoisotopic (exact) mass is 382 g/mol. The molecule has 0 unspecified atom stereocenters. The largest absolute Gasteiger partial charge is 0.416 e.